The second-order valence-electron chi connectivity index (χ2n) is 5.60. The second kappa shape index (κ2) is 3.82. The van der Waals surface area contributed by atoms with Crippen molar-refractivity contribution in [2.45, 2.75) is 45.7 Å². The van der Waals surface area contributed by atoms with E-state index in [1.165, 1.54) is 4.90 Å². The van der Waals surface area contributed by atoms with Crippen LogP contribution in [0.25, 0.3) is 0 Å². The summed E-state index contributed by atoms with van der Waals surface area (Å²) in [5, 5.41) is 6.68. The van der Waals surface area contributed by atoms with Crippen LogP contribution in [0.15, 0.2) is 4.52 Å². The average molecular weight is 263 g/mol. The van der Waals surface area contributed by atoms with Gasteiger partial charge in [0.15, 0.2) is 0 Å². The number of imide groups is 1. The van der Waals surface area contributed by atoms with Crippen LogP contribution in [0.3, 0.4) is 0 Å². The van der Waals surface area contributed by atoms with E-state index in [0.717, 1.165) is 24.1 Å². The van der Waals surface area contributed by atoms with Gasteiger partial charge in [-0.3, -0.25) is 9.69 Å². The summed E-state index contributed by atoms with van der Waals surface area (Å²) in [5.41, 5.74) is 0.803. The average Bonchev–Trinajstić information content (AvgIpc) is 3.12. The van der Waals surface area contributed by atoms with Gasteiger partial charge in [0.1, 0.15) is 11.3 Å². The van der Waals surface area contributed by atoms with Crippen molar-refractivity contribution in [2.24, 2.45) is 5.92 Å². The normalized spacial score (nSPS) is 27.0. The third-order valence-electron chi connectivity index (χ3n) is 4.19. The molecule has 0 aromatic carbocycles. The summed E-state index contributed by atoms with van der Waals surface area (Å²) in [6.07, 6.45) is 2.00. The van der Waals surface area contributed by atoms with Gasteiger partial charge >= 0.3 is 6.03 Å². The number of hydrogen-bond donors (Lipinski definition) is 1. The fraction of sp³-hybridized carbons (Fsp3) is 0.615. The lowest BCUT2D eigenvalue weighted by Crippen LogP contribution is -2.46. The summed E-state index contributed by atoms with van der Waals surface area (Å²) in [4.78, 5) is 25.8. The number of carbonyl (C=O) groups is 2. The van der Waals surface area contributed by atoms with Crippen molar-refractivity contribution in [1.29, 1.82) is 0 Å². The molecule has 1 saturated heterocycles. The van der Waals surface area contributed by atoms with Gasteiger partial charge in [-0.25, -0.2) is 4.79 Å². The standard InChI is InChI=1S/C13H17N3O3/c1-7-10(8(2)19-15-7)6-16-11(17)13(3,9-4-5-9)14-12(16)18/h9H,4-6H2,1-3H3,(H,14,18). The molecule has 3 rings (SSSR count). The monoisotopic (exact) mass is 263 g/mol. The van der Waals surface area contributed by atoms with E-state index in [4.69, 9.17) is 4.52 Å². The number of nitrogens with zero attached hydrogens (tertiary/aromatic N) is 2. The van der Waals surface area contributed by atoms with Crippen molar-refractivity contribution < 1.29 is 14.1 Å². The largest absolute Gasteiger partial charge is 0.361 e. The third-order valence-corrected chi connectivity index (χ3v) is 4.19. The Labute approximate surface area is 111 Å². The number of rotatable bonds is 3. The van der Waals surface area contributed by atoms with Crippen LogP contribution in [0, 0.1) is 19.8 Å². The van der Waals surface area contributed by atoms with Crippen molar-refractivity contribution in [2.75, 3.05) is 0 Å². The molecule has 0 spiro atoms. The maximum atomic E-state index is 12.5. The Morgan fingerprint density at radius 1 is 1.42 bits per heavy atom. The number of aryl methyl sites for hydroxylation is 2. The summed E-state index contributed by atoms with van der Waals surface area (Å²) in [6, 6.07) is -0.320. The molecular formula is C13H17N3O3. The van der Waals surface area contributed by atoms with Gasteiger partial charge in [-0.1, -0.05) is 5.16 Å². The summed E-state index contributed by atoms with van der Waals surface area (Å²) >= 11 is 0. The van der Waals surface area contributed by atoms with Crippen LogP contribution in [0.4, 0.5) is 4.79 Å². The minimum Gasteiger partial charge on any atom is -0.361 e. The molecule has 1 N–H and O–H groups in total. The van der Waals surface area contributed by atoms with Crippen LogP contribution in [-0.4, -0.2) is 27.5 Å². The molecule has 0 bridgehead atoms. The van der Waals surface area contributed by atoms with Crippen molar-refractivity contribution in [3.63, 3.8) is 0 Å². The van der Waals surface area contributed by atoms with E-state index in [2.05, 4.69) is 10.5 Å². The lowest BCUT2D eigenvalue weighted by atomic mass is 9.96. The van der Waals surface area contributed by atoms with Gasteiger partial charge in [0, 0.05) is 5.56 Å². The van der Waals surface area contributed by atoms with Crippen LogP contribution in [-0.2, 0) is 11.3 Å². The molecule has 2 heterocycles. The maximum absolute atomic E-state index is 12.5. The number of aromatic nitrogens is 1. The topological polar surface area (TPSA) is 75.4 Å². The molecule has 3 amide bonds. The fourth-order valence-corrected chi connectivity index (χ4v) is 2.68. The predicted molar refractivity (Wildman–Crippen MR) is 66.2 cm³/mol. The molecule has 1 aromatic heterocycles. The van der Waals surface area contributed by atoms with Gasteiger partial charge in [0.25, 0.3) is 5.91 Å². The second-order valence-corrected chi connectivity index (χ2v) is 5.60. The minimum absolute atomic E-state index is 0.139. The maximum Gasteiger partial charge on any atom is 0.325 e. The zero-order valence-corrected chi connectivity index (χ0v) is 11.3. The van der Waals surface area contributed by atoms with E-state index in [0.29, 0.717) is 5.76 Å². The van der Waals surface area contributed by atoms with Gasteiger partial charge in [-0.05, 0) is 39.5 Å². The van der Waals surface area contributed by atoms with Crippen molar-refractivity contribution in [3.05, 3.63) is 17.0 Å². The molecule has 1 aliphatic heterocycles. The van der Waals surface area contributed by atoms with Gasteiger partial charge in [-0.15, -0.1) is 0 Å². The lowest BCUT2D eigenvalue weighted by Gasteiger charge is -2.20. The van der Waals surface area contributed by atoms with Crippen LogP contribution in [0.1, 0.15) is 36.8 Å². The highest BCUT2D eigenvalue weighted by atomic mass is 16.5. The number of urea groups is 1. The Hall–Kier alpha value is -1.85. The van der Waals surface area contributed by atoms with Crippen molar-refractivity contribution >= 4 is 11.9 Å². The van der Waals surface area contributed by atoms with Gasteiger partial charge in [0.05, 0.1) is 12.2 Å². The zero-order chi connectivity index (χ0) is 13.8. The minimum atomic E-state index is -0.726. The highest BCUT2D eigenvalue weighted by molar-refractivity contribution is 6.07. The molecule has 1 aliphatic carbocycles. The quantitative estimate of drug-likeness (QED) is 0.839. The molecule has 2 aliphatic rings. The Balaban J connectivity index is 1.86. The van der Waals surface area contributed by atoms with E-state index in [1.807, 2.05) is 13.8 Å². The molecule has 6 nitrogen and oxygen atoms in total. The fourth-order valence-electron chi connectivity index (χ4n) is 2.68. The molecule has 1 unspecified atom stereocenters. The van der Waals surface area contributed by atoms with Crippen LogP contribution >= 0.6 is 0 Å². The van der Waals surface area contributed by atoms with Gasteiger partial charge in [0.2, 0.25) is 0 Å². The van der Waals surface area contributed by atoms with Gasteiger partial charge in [-0.2, -0.15) is 0 Å². The van der Waals surface area contributed by atoms with Crippen LogP contribution in [0.2, 0.25) is 0 Å². The Morgan fingerprint density at radius 3 is 2.63 bits per heavy atom. The first-order valence-electron chi connectivity index (χ1n) is 6.49. The number of hydrogen-bond acceptors (Lipinski definition) is 4. The molecule has 1 saturated carbocycles. The van der Waals surface area contributed by atoms with Gasteiger partial charge < -0.3 is 9.84 Å². The molecule has 2 fully saturated rings. The molecule has 6 heteroatoms. The van der Waals surface area contributed by atoms with E-state index < -0.39 is 5.54 Å². The Bertz CT molecular complexity index is 542. The Kier molecular flexibility index (Phi) is 2.45. The van der Waals surface area contributed by atoms with Crippen LogP contribution < -0.4 is 5.32 Å². The first kappa shape index (κ1) is 12.2. The SMILES string of the molecule is Cc1noc(C)c1CN1C(=O)NC(C)(C2CC2)C1=O. The molecule has 102 valence electrons. The predicted octanol–water partition coefficient (Wildman–Crippen LogP) is 1.51. The molecule has 19 heavy (non-hydrogen) atoms. The van der Waals surface area contributed by atoms with E-state index in [-0.39, 0.29) is 24.4 Å². The highest BCUT2D eigenvalue weighted by Gasteiger charge is 2.56. The smallest absolute Gasteiger partial charge is 0.325 e. The first-order chi connectivity index (χ1) is 8.93. The molecule has 0 radical (unpaired) electrons. The van der Waals surface area contributed by atoms with E-state index >= 15 is 0 Å². The summed E-state index contributed by atoms with van der Waals surface area (Å²) in [5.74, 6) is 0.789. The number of amides is 3. The van der Waals surface area contributed by atoms with Crippen LogP contribution in [0.5, 0.6) is 0 Å². The molecule has 1 aromatic rings. The number of carbonyl (C=O) groups excluding carboxylic acids is 2. The number of nitrogens with one attached hydrogen (secondary N) is 1. The van der Waals surface area contributed by atoms with Crippen molar-refractivity contribution in [1.82, 2.24) is 15.4 Å². The summed E-state index contributed by atoms with van der Waals surface area (Å²) < 4.78 is 5.07. The van der Waals surface area contributed by atoms with E-state index in [1.54, 1.807) is 6.92 Å². The molecule has 1 atom stereocenters. The zero-order valence-electron chi connectivity index (χ0n) is 11.3. The molecular weight excluding hydrogens is 246 g/mol. The first-order valence-corrected chi connectivity index (χ1v) is 6.49. The van der Waals surface area contributed by atoms with Crippen molar-refractivity contribution in [3.8, 4) is 0 Å². The highest BCUT2D eigenvalue weighted by Crippen LogP contribution is 2.42. The lowest BCUT2D eigenvalue weighted by molar-refractivity contribution is -0.131. The summed E-state index contributed by atoms with van der Waals surface area (Å²) in [6.45, 7) is 5.64. The Morgan fingerprint density at radius 2 is 2.11 bits per heavy atom. The summed E-state index contributed by atoms with van der Waals surface area (Å²) in [7, 11) is 0. The van der Waals surface area contributed by atoms with E-state index in [9.17, 15) is 9.59 Å². The third kappa shape index (κ3) is 1.74.